The molecular weight excluding hydrogens is 435 g/mol. The third kappa shape index (κ3) is 5.94. The van der Waals surface area contributed by atoms with Gasteiger partial charge in [-0.2, -0.15) is 13.2 Å². The molecule has 0 fully saturated rings. The van der Waals surface area contributed by atoms with Gasteiger partial charge >= 0.3 is 18.2 Å². The molecule has 6 nitrogen and oxygen atoms in total. The Bertz CT molecular complexity index is 1150. The van der Waals surface area contributed by atoms with Crippen molar-refractivity contribution in [1.82, 2.24) is 0 Å². The van der Waals surface area contributed by atoms with Crippen LogP contribution in [0.25, 0.3) is 0 Å². The van der Waals surface area contributed by atoms with Crippen LogP contribution in [0.3, 0.4) is 0 Å². The Hall–Kier alpha value is -4.15. The Morgan fingerprint density at radius 3 is 1.91 bits per heavy atom. The zero-order valence-electron chi connectivity index (χ0n) is 16.1. The van der Waals surface area contributed by atoms with Crippen LogP contribution >= 0.6 is 0 Å². The molecule has 0 saturated carbocycles. The Labute approximate surface area is 178 Å². The van der Waals surface area contributed by atoms with Gasteiger partial charge in [-0.3, -0.25) is 0 Å². The molecule has 0 spiro atoms. The Morgan fingerprint density at radius 2 is 1.22 bits per heavy atom. The third-order valence-electron chi connectivity index (χ3n) is 4.04. The minimum Gasteiger partial charge on any atom is -0.308 e. The number of halogens is 5. The number of benzene rings is 3. The van der Waals surface area contributed by atoms with E-state index in [0.29, 0.717) is 0 Å². The molecule has 32 heavy (non-hydrogen) atoms. The lowest BCUT2D eigenvalue weighted by Gasteiger charge is -2.13. The first-order valence-corrected chi connectivity index (χ1v) is 8.99. The number of amides is 4. The van der Waals surface area contributed by atoms with Gasteiger partial charge in [-0.15, -0.1) is 0 Å². The van der Waals surface area contributed by atoms with Crippen LogP contribution in [-0.4, -0.2) is 12.1 Å². The second-order valence-corrected chi connectivity index (χ2v) is 6.41. The lowest BCUT2D eigenvalue weighted by molar-refractivity contribution is -0.137. The van der Waals surface area contributed by atoms with E-state index >= 15 is 0 Å². The summed E-state index contributed by atoms with van der Waals surface area (Å²) in [4.78, 5) is 24.1. The molecule has 11 heteroatoms. The van der Waals surface area contributed by atoms with Gasteiger partial charge in [0.25, 0.3) is 0 Å². The molecule has 0 aromatic heterocycles. The number of hydrogen-bond donors (Lipinski definition) is 4. The van der Waals surface area contributed by atoms with Crippen LogP contribution in [0.1, 0.15) is 5.56 Å². The molecule has 0 bridgehead atoms. The normalized spacial score (nSPS) is 10.9. The third-order valence-corrected chi connectivity index (χ3v) is 4.04. The zero-order valence-corrected chi connectivity index (χ0v) is 16.1. The minimum absolute atomic E-state index is 0.0390. The summed E-state index contributed by atoms with van der Waals surface area (Å²) in [6, 6.07) is 10.8. The van der Waals surface area contributed by atoms with Crippen molar-refractivity contribution in [3.8, 4) is 0 Å². The van der Waals surface area contributed by atoms with Crippen LogP contribution in [0.4, 0.5) is 54.3 Å². The summed E-state index contributed by atoms with van der Waals surface area (Å²) < 4.78 is 66.0. The molecule has 0 aliphatic rings. The quantitative estimate of drug-likeness (QED) is 0.353. The van der Waals surface area contributed by atoms with E-state index in [9.17, 15) is 31.5 Å². The van der Waals surface area contributed by atoms with Crippen LogP contribution in [0.5, 0.6) is 0 Å². The van der Waals surface area contributed by atoms with Gasteiger partial charge in [0.2, 0.25) is 0 Å². The summed E-state index contributed by atoms with van der Waals surface area (Å²) in [7, 11) is 0. The Balaban J connectivity index is 1.66. The first-order valence-electron chi connectivity index (χ1n) is 8.99. The van der Waals surface area contributed by atoms with Crippen molar-refractivity contribution < 1.29 is 31.5 Å². The molecule has 3 aromatic carbocycles. The van der Waals surface area contributed by atoms with Crippen molar-refractivity contribution in [1.29, 1.82) is 0 Å². The molecule has 3 rings (SSSR count). The van der Waals surface area contributed by atoms with Gasteiger partial charge in [0.1, 0.15) is 11.6 Å². The van der Waals surface area contributed by atoms with E-state index in [1.165, 1.54) is 30.3 Å². The molecule has 0 aliphatic carbocycles. The minimum atomic E-state index is -4.57. The zero-order chi connectivity index (χ0) is 23.3. The lowest BCUT2D eigenvalue weighted by atomic mass is 10.2. The van der Waals surface area contributed by atoms with E-state index in [1.807, 2.05) is 0 Å². The van der Waals surface area contributed by atoms with Gasteiger partial charge in [0, 0.05) is 11.4 Å². The Kier molecular flexibility index (Phi) is 6.57. The number of rotatable bonds is 4. The molecule has 3 aromatic rings. The SMILES string of the molecule is O=C(Nc1cccc(C(F)(F)F)c1)Nc1ccc(F)c(NC(=O)Nc2ccccc2F)c1. The summed E-state index contributed by atoms with van der Waals surface area (Å²) in [5.74, 6) is -1.53. The molecule has 4 N–H and O–H groups in total. The van der Waals surface area contributed by atoms with Crippen molar-refractivity contribution in [3.05, 3.63) is 83.9 Å². The Morgan fingerprint density at radius 1 is 0.625 bits per heavy atom. The van der Waals surface area contributed by atoms with E-state index in [1.54, 1.807) is 0 Å². The topological polar surface area (TPSA) is 82.3 Å². The maximum absolute atomic E-state index is 14.0. The van der Waals surface area contributed by atoms with E-state index in [2.05, 4.69) is 21.3 Å². The summed E-state index contributed by atoms with van der Waals surface area (Å²) in [5, 5.41) is 8.95. The van der Waals surface area contributed by atoms with Gasteiger partial charge in [0.05, 0.1) is 16.9 Å². The van der Waals surface area contributed by atoms with Crippen molar-refractivity contribution in [2.45, 2.75) is 6.18 Å². The molecule has 4 amide bonds. The van der Waals surface area contributed by atoms with Crippen LogP contribution in [0.2, 0.25) is 0 Å². The number of hydrogen-bond acceptors (Lipinski definition) is 2. The monoisotopic (exact) mass is 450 g/mol. The number of nitrogens with one attached hydrogen (secondary N) is 4. The number of anilines is 4. The largest absolute Gasteiger partial charge is 0.416 e. The summed E-state index contributed by atoms with van der Waals surface area (Å²) in [6.45, 7) is 0. The van der Waals surface area contributed by atoms with E-state index in [4.69, 9.17) is 0 Å². The highest BCUT2D eigenvalue weighted by molar-refractivity contribution is 6.02. The number of carbonyl (C=O) groups excluding carboxylic acids is 2. The number of alkyl halides is 3. The molecular formula is C21H15F5N4O2. The predicted octanol–water partition coefficient (Wildman–Crippen LogP) is 6.27. The fourth-order valence-electron chi connectivity index (χ4n) is 2.60. The highest BCUT2D eigenvalue weighted by atomic mass is 19.4. The van der Waals surface area contributed by atoms with Gasteiger partial charge in [-0.05, 0) is 48.5 Å². The number of urea groups is 2. The maximum Gasteiger partial charge on any atom is 0.416 e. The van der Waals surface area contributed by atoms with Crippen molar-refractivity contribution in [3.63, 3.8) is 0 Å². The van der Waals surface area contributed by atoms with E-state index in [0.717, 1.165) is 36.4 Å². The summed E-state index contributed by atoms with van der Waals surface area (Å²) >= 11 is 0. The van der Waals surface area contributed by atoms with Crippen molar-refractivity contribution in [2.75, 3.05) is 21.3 Å². The van der Waals surface area contributed by atoms with Crippen LogP contribution in [-0.2, 0) is 6.18 Å². The molecule has 0 aliphatic heterocycles. The van der Waals surface area contributed by atoms with E-state index in [-0.39, 0.29) is 22.7 Å². The molecule has 0 atom stereocenters. The average molecular weight is 450 g/mol. The standard InChI is InChI=1S/C21H15F5N4O2/c22-15-6-1-2-7-17(15)29-20(32)30-18-11-14(8-9-16(18)23)28-19(31)27-13-5-3-4-12(10-13)21(24,25)26/h1-11H,(H2,27,28,31)(H2,29,30,32). The molecule has 0 unspecified atom stereocenters. The smallest absolute Gasteiger partial charge is 0.308 e. The fraction of sp³-hybridized carbons (Fsp3) is 0.0476. The van der Waals surface area contributed by atoms with Gasteiger partial charge in [-0.1, -0.05) is 18.2 Å². The summed E-state index contributed by atoms with van der Waals surface area (Å²) in [6.07, 6.45) is -4.57. The van der Waals surface area contributed by atoms with Crippen LogP contribution in [0.15, 0.2) is 66.7 Å². The second-order valence-electron chi connectivity index (χ2n) is 6.41. The highest BCUT2D eigenvalue weighted by Gasteiger charge is 2.30. The predicted molar refractivity (Wildman–Crippen MR) is 110 cm³/mol. The molecule has 0 heterocycles. The van der Waals surface area contributed by atoms with E-state index < -0.39 is 35.4 Å². The maximum atomic E-state index is 14.0. The molecule has 166 valence electrons. The van der Waals surface area contributed by atoms with Gasteiger partial charge < -0.3 is 21.3 Å². The molecule has 0 saturated heterocycles. The average Bonchev–Trinajstić information content (AvgIpc) is 2.72. The van der Waals surface area contributed by atoms with Gasteiger partial charge in [0.15, 0.2) is 0 Å². The first kappa shape index (κ1) is 22.5. The van der Waals surface area contributed by atoms with Crippen molar-refractivity contribution >= 4 is 34.8 Å². The lowest BCUT2D eigenvalue weighted by Crippen LogP contribution is -2.22. The number of carbonyl (C=O) groups is 2. The number of para-hydroxylation sites is 1. The van der Waals surface area contributed by atoms with Gasteiger partial charge in [-0.25, -0.2) is 18.4 Å². The fourth-order valence-corrected chi connectivity index (χ4v) is 2.60. The van der Waals surface area contributed by atoms with Crippen LogP contribution < -0.4 is 21.3 Å². The summed E-state index contributed by atoms with van der Waals surface area (Å²) in [5.41, 5.74) is -1.46. The second kappa shape index (κ2) is 9.33. The van der Waals surface area contributed by atoms with Crippen molar-refractivity contribution in [2.24, 2.45) is 0 Å². The highest BCUT2D eigenvalue weighted by Crippen LogP contribution is 2.30. The molecule has 0 radical (unpaired) electrons. The van der Waals surface area contributed by atoms with Crippen LogP contribution in [0, 0.1) is 11.6 Å². The first-order chi connectivity index (χ1) is 15.1.